The van der Waals surface area contributed by atoms with E-state index in [4.69, 9.17) is 18.9 Å². The summed E-state index contributed by atoms with van der Waals surface area (Å²) in [5, 5.41) is 0. The Morgan fingerprint density at radius 2 is 1.92 bits per heavy atom. The maximum Gasteiger partial charge on any atom is 0.410 e. The van der Waals surface area contributed by atoms with Crippen molar-refractivity contribution < 1.29 is 23.7 Å². The zero-order chi connectivity index (χ0) is 19.0. The lowest BCUT2D eigenvalue weighted by Gasteiger charge is -2.28. The van der Waals surface area contributed by atoms with Gasteiger partial charge in [0, 0.05) is 6.61 Å². The molecule has 0 bridgehead atoms. The highest BCUT2D eigenvalue weighted by atomic mass is 16.7. The minimum Gasteiger partial charge on any atom is -0.444 e. The average Bonchev–Trinajstić information content (AvgIpc) is 3.00. The Morgan fingerprint density at radius 3 is 2.58 bits per heavy atom. The fourth-order valence-corrected chi connectivity index (χ4v) is 2.81. The van der Waals surface area contributed by atoms with Gasteiger partial charge >= 0.3 is 6.09 Å². The van der Waals surface area contributed by atoms with E-state index in [1.54, 1.807) is 4.90 Å². The summed E-state index contributed by atoms with van der Waals surface area (Å²) in [5.74, 6) is 0. The molecule has 0 spiro atoms. The quantitative estimate of drug-likeness (QED) is 0.520. The van der Waals surface area contributed by atoms with Crippen LogP contribution in [0.25, 0.3) is 0 Å². The Morgan fingerprint density at radius 1 is 1.19 bits per heavy atom. The molecule has 1 aromatic rings. The van der Waals surface area contributed by atoms with Gasteiger partial charge in [-0.1, -0.05) is 30.3 Å². The summed E-state index contributed by atoms with van der Waals surface area (Å²) in [6.45, 7) is 9.78. The molecule has 146 valence electrons. The molecule has 1 aromatic carbocycles. The van der Waals surface area contributed by atoms with Crippen LogP contribution in [-0.2, 0) is 25.6 Å². The van der Waals surface area contributed by atoms with Crippen LogP contribution in [0.5, 0.6) is 0 Å². The smallest absolute Gasteiger partial charge is 0.410 e. The SMILES string of the molecule is CCOCOC[C@H]1C[C@@H](OCc2ccccc2)CN1C(=O)OC(C)(C)C. The van der Waals surface area contributed by atoms with Gasteiger partial charge in [-0.05, 0) is 39.7 Å². The molecular weight excluding hydrogens is 334 g/mol. The highest BCUT2D eigenvalue weighted by Crippen LogP contribution is 2.24. The Hall–Kier alpha value is -1.63. The van der Waals surface area contributed by atoms with E-state index in [1.807, 2.05) is 58.0 Å². The second-order valence-electron chi connectivity index (χ2n) is 7.42. The van der Waals surface area contributed by atoms with E-state index in [0.29, 0.717) is 26.4 Å². The molecule has 0 saturated carbocycles. The molecule has 26 heavy (non-hydrogen) atoms. The van der Waals surface area contributed by atoms with Gasteiger partial charge < -0.3 is 23.8 Å². The number of ether oxygens (including phenoxy) is 4. The van der Waals surface area contributed by atoms with Gasteiger partial charge in [-0.15, -0.1) is 0 Å². The van der Waals surface area contributed by atoms with Crippen LogP contribution in [0, 0.1) is 0 Å². The second-order valence-corrected chi connectivity index (χ2v) is 7.42. The fourth-order valence-electron chi connectivity index (χ4n) is 2.81. The van der Waals surface area contributed by atoms with Gasteiger partial charge in [0.15, 0.2) is 0 Å². The molecule has 1 fully saturated rings. The molecule has 1 aliphatic heterocycles. The number of likely N-dealkylation sites (tertiary alicyclic amines) is 1. The molecule has 0 unspecified atom stereocenters. The fraction of sp³-hybridized carbons (Fsp3) is 0.650. The highest BCUT2D eigenvalue weighted by Gasteiger charge is 2.38. The first-order valence-corrected chi connectivity index (χ1v) is 9.19. The Bertz CT molecular complexity index is 543. The van der Waals surface area contributed by atoms with Crippen molar-refractivity contribution in [1.82, 2.24) is 4.90 Å². The van der Waals surface area contributed by atoms with Crippen molar-refractivity contribution in [1.29, 1.82) is 0 Å². The largest absolute Gasteiger partial charge is 0.444 e. The third-order valence-electron chi connectivity index (χ3n) is 4.01. The topological polar surface area (TPSA) is 57.2 Å². The van der Waals surface area contributed by atoms with Crippen LogP contribution in [-0.4, -0.2) is 55.3 Å². The van der Waals surface area contributed by atoms with Crippen LogP contribution >= 0.6 is 0 Å². The number of nitrogens with zero attached hydrogens (tertiary/aromatic N) is 1. The second kappa shape index (κ2) is 9.90. The van der Waals surface area contributed by atoms with Crippen molar-refractivity contribution in [2.24, 2.45) is 0 Å². The van der Waals surface area contributed by atoms with E-state index in [2.05, 4.69) is 0 Å². The van der Waals surface area contributed by atoms with Crippen molar-refractivity contribution in [2.45, 2.75) is 58.5 Å². The minimum atomic E-state index is -0.531. The molecule has 0 aromatic heterocycles. The number of carbonyl (C=O) groups is 1. The van der Waals surface area contributed by atoms with Gasteiger partial charge in [0.25, 0.3) is 0 Å². The minimum absolute atomic E-state index is 0.0385. The molecule has 1 aliphatic rings. The lowest BCUT2D eigenvalue weighted by molar-refractivity contribution is -0.0647. The number of amides is 1. The zero-order valence-corrected chi connectivity index (χ0v) is 16.3. The van der Waals surface area contributed by atoms with Crippen LogP contribution in [0.3, 0.4) is 0 Å². The van der Waals surface area contributed by atoms with E-state index < -0.39 is 5.60 Å². The maximum absolute atomic E-state index is 12.5. The average molecular weight is 365 g/mol. The van der Waals surface area contributed by atoms with Crippen molar-refractivity contribution in [2.75, 3.05) is 26.6 Å². The molecular formula is C20H31NO5. The predicted octanol–water partition coefficient (Wildman–Crippen LogP) is 3.59. The van der Waals surface area contributed by atoms with Crippen molar-refractivity contribution in [3.63, 3.8) is 0 Å². The Balaban J connectivity index is 1.92. The molecule has 1 heterocycles. The van der Waals surface area contributed by atoms with Gasteiger partial charge in [-0.2, -0.15) is 0 Å². The van der Waals surface area contributed by atoms with Crippen LogP contribution in [0.1, 0.15) is 39.7 Å². The number of hydrogen-bond donors (Lipinski definition) is 0. The maximum atomic E-state index is 12.5. The molecule has 6 heteroatoms. The molecule has 1 saturated heterocycles. The van der Waals surface area contributed by atoms with Gasteiger partial charge in [0.05, 0.1) is 31.9 Å². The lowest BCUT2D eigenvalue weighted by atomic mass is 10.2. The van der Waals surface area contributed by atoms with E-state index in [-0.39, 0.29) is 25.0 Å². The first kappa shape index (κ1) is 20.7. The van der Waals surface area contributed by atoms with Gasteiger partial charge in [-0.3, -0.25) is 0 Å². The van der Waals surface area contributed by atoms with E-state index in [0.717, 1.165) is 12.0 Å². The van der Waals surface area contributed by atoms with Crippen LogP contribution in [0.15, 0.2) is 30.3 Å². The highest BCUT2D eigenvalue weighted by molar-refractivity contribution is 5.69. The first-order valence-electron chi connectivity index (χ1n) is 9.19. The molecule has 0 N–H and O–H groups in total. The van der Waals surface area contributed by atoms with E-state index >= 15 is 0 Å². The standard InChI is InChI=1S/C20H31NO5/c1-5-23-15-24-14-17-11-18(25-13-16-9-7-6-8-10-16)12-21(17)19(22)26-20(2,3)4/h6-10,17-18H,5,11-15H2,1-4H3/t17-,18-/m1/s1. The Labute approximate surface area is 156 Å². The normalized spacial score (nSPS) is 20.4. The lowest BCUT2D eigenvalue weighted by Crippen LogP contribution is -2.42. The van der Waals surface area contributed by atoms with Crippen LogP contribution in [0.4, 0.5) is 4.79 Å². The third kappa shape index (κ3) is 6.94. The summed E-state index contributed by atoms with van der Waals surface area (Å²) in [6, 6.07) is 9.95. The number of hydrogen-bond acceptors (Lipinski definition) is 5. The summed E-state index contributed by atoms with van der Waals surface area (Å²) < 4.78 is 22.3. The van der Waals surface area contributed by atoms with Gasteiger partial charge in [0.2, 0.25) is 0 Å². The Kier molecular flexibility index (Phi) is 7.87. The van der Waals surface area contributed by atoms with Crippen molar-refractivity contribution in [3.8, 4) is 0 Å². The molecule has 2 atom stereocenters. The van der Waals surface area contributed by atoms with Crippen LogP contribution < -0.4 is 0 Å². The van der Waals surface area contributed by atoms with Gasteiger partial charge in [-0.25, -0.2) is 4.79 Å². The number of benzene rings is 1. The molecule has 2 rings (SSSR count). The van der Waals surface area contributed by atoms with Gasteiger partial charge in [0.1, 0.15) is 12.4 Å². The summed E-state index contributed by atoms with van der Waals surface area (Å²) >= 11 is 0. The summed E-state index contributed by atoms with van der Waals surface area (Å²) in [6.07, 6.45) is 0.356. The van der Waals surface area contributed by atoms with Crippen molar-refractivity contribution >= 4 is 6.09 Å². The molecule has 0 radical (unpaired) electrons. The number of carbonyl (C=O) groups excluding carboxylic acids is 1. The summed E-state index contributed by atoms with van der Waals surface area (Å²) in [5.41, 5.74) is 0.587. The van der Waals surface area contributed by atoms with Crippen molar-refractivity contribution in [3.05, 3.63) is 35.9 Å². The predicted molar refractivity (Wildman–Crippen MR) is 98.8 cm³/mol. The molecule has 6 nitrogen and oxygen atoms in total. The summed E-state index contributed by atoms with van der Waals surface area (Å²) in [7, 11) is 0. The zero-order valence-electron chi connectivity index (χ0n) is 16.3. The summed E-state index contributed by atoms with van der Waals surface area (Å²) in [4.78, 5) is 14.3. The monoisotopic (exact) mass is 365 g/mol. The third-order valence-corrected chi connectivity index (χ3v) is 4.01. The number of rotatable bonds is 8. The van der Waals surface area contributed by atoms with E-state index in [9.17, 15) is 4.79 Å². The van der Waals surface area contributed by atoms with E-state index in [1.165, 1.54) is 0 Å². The van der Waals surface area contributed by atoms with Crippen LogP contribution in [0.2, 0.25) is 0 Å². The first-order chi connectivity index (χ1) is 12.4. The molecule has 0 aliphatic carbocycles. The molecule has 1 amide bonds.